The number of nitrogens with zero attached hydrogens (tertiary/aromatic N) is 2. The highest BCUT2D eigenvalue weighted by atomic mass is 16.2. The number of carbonyl (C=O) groups excluding carboxylic acids is 1. The number of hydrogen-bond donors (Lipinski definition) is 0. The topological polar surface area (TPSA) is 33.2 Å². The SMILES string of the molecule is Cc1ccc2c(c1)C(=O)N(c1cnccc1C1CC1)CC2. The summed E-state index contributed by atoms with van der Waals surface area (Å²) in [5.41, 5.74) is 5.45. The summed E-state index contributed by atoms with van der Waals surface area (Å²) in [5.74, 6) is 0.740. The number of fused-ring (bicyclic) bond motifs is 1. The quantitative estimate of drug-likeness (QED) is 0.842. The van der Waals surface area contributed by atoms with Gasteiger partial charge in [0.1, 0.15) is 0 Å². The van der Waals surface area contributed by atoms with Crippen LogP contribution in [0.1, 0.15) is 45.8 Å². The van der Waals surface area contributed by atoms with E-state index in [1.807, 2.05) is 30.3 Å². The van der Waals surface area contributed by atoms with E-state index in [-0.39, 0.29) is 5.91 Å². The molecule has 1 fully saturated rings. The van der Waals surface area contributed by atoms with Gasteiger partial charge in [-0.2, -0.15) is 0 Å². The van der Waals surface area contributed by atoms with Gasteiger partial charge in [0.2, 0.25) is 0 Å². The smallest absolute Gasteiger partial charge is 0.258 e. The molecule has 2 aromatic rings. The van der Waals surface area contributed by atoms with Crippen molar-refractivity contribution in [2.24, 2.45) is 0 Å². The fourth-order valence-electron chi connectivity index (χ4n) is 3.18. The van der Waals surface area contributed by atoms with Crippen LogP contribution in [0.4, 0.5) is 5.69 Å². The molecule has 0 N–H and O–H groups in total. The molecule has 1 saturated carbocycles. The summed E-state index contributed by atoms with van der Waals surface area (Å²) >= 11 is 0. The standard InChI is InChI=1S/C18H18N2O/c1-12-2-3-14-7-9-20(18(21)16(14)10-12)17-11-19-8-6-15(17)13-4-5-13/h2-3,6,8,10-11,13H,4-5,7,9H2,1H3. The molecule has 1 aromatic heterocycles. The van der Waals surface area contributed by atoms with Crippen molar-refractivity contribution >= 4 is 11.6 Å². The fourth-order valence-corrected chi connectivity index (χ4v) is 3.18. The molecule has 1 aromatic carbocycles. The molecule has 0 unspecified atom stereocenters. The predicted molar refractivity (Wildman–Crippen MR) is 82.8 cm³/mol. The van der Waals surface area contributed by atoms with Gasteiger partial charge in [-0.1, -0.05) is 17.7 Å². The van der Waals surface area contributed by atoms with Crippen LogP contribution in [0, 0.1) is 6.92 Å². The van der Waals surface area contributed by atoms with E-state index in [2.05, 4.69) is 23.2 Å². The molecule has 0 spiro atoms. The molecule has 1 aliphatic carbocycles. The average molecular weight is 278 g/mol. The lowest BCUT2D eigenvalue weighted by Crippen LogP contribution is -2.38. The summed E-state index contributed by atoms with van der Waals surface area (Å²) in [6.45, 7) is 2.78. The Balaban J connectivity index is 1.76. The summed E-state index contributed by atoms with van der Waals surface area (Å²) in [7, 11) is 0. The lowest BCUT2D eigenvalue weighted by molar-refractivity contribution is 0.0980. The third-order valence-electron chi connectivity index (χ3n) is 4.49. The van der Waals surface area contributed by atoms with Gasteiger partial charge in [0.25, 0.3) is 5.91 Å². The van der Waals surface area contributed by atoms with Crippen molar-refractivity contribution < 1.29 is 4.79 Å². The largest absolute Gasteiger partial charge is 0.306 e. The van der Waals surface area contributed by atoms with Crippen molar-refractivity contribution in [2.45, 2.75) is 32.1 Å². The minimum atomic E-state index is 0.120. The van der Waals surface area contributed by atoms with E-state index < -0.39 is 0 Å². The molecule has 106 valence electrons. The van der Waals surface area contributed by atoms with Gasteiger partial charge in [0.05, 0.1) is 11.9 Å². The van der Waals surface area contributed by atoms with Crippen molar-refractivity contribution in [2.75, 3.05) is 11.4 Å². The van der Waals surface area contributed by atoms with E-state index in [1.54, 1.807) is 0 Å². The number of anilines is 1. The van der Waals surface area contributed by atoms with Crippen molar-refractivity contribution in [3.63, 3.8) is 0 Å². The molecule has 2 aliphatic rings. The van der Waals surface area contributed by atoms with Gasteiger partial charge in [-0.3, -0.25) is 9.78 Å². The van der Waals surface area contributed by atoms with Crippen LogP contribution in [-0.2, 0) is 6.42 Å². The molecule has 1 aliphatic heterocycles. The van der Waals surface area contributed by atoms with Crippen molar-refractivity contribution in [3.8, 4) is 0 Å². The molecule has 0 saturated heterocycles. The number of aryl methyl sites for hydroxylation is 1. The molecule has 3 heteroatoms. The van der Waals surface area contributed by atoms with Crippen LogP contribution in [0.3, 0.4) is 0 Å². The summed E-state index contributed by atoms with van der Waals surface area (Å²) in [6, 6.07) is 8.26. The van der Waals surface area contributed by atoms with E-state index in [4.69, 9.17) is 0 Å². The summed E-state index contributed by atoms with van der Waals surface area (Å²) < 4.78 is 0. The second-order valence-electron chi connectivity index (χ2n) is 6.08. The molecule has 0 bridgehead atoms. The Morgan fingerprint density at radius 2 is 2.10 bits per heavy atom. The molecule has 0 radical (unpaired) electrons. The first-order chi connectivity index (χ1) is 10.2. The summed E-state index contributed by atoms with van der Waals surface area (Å²) in [4.78, 5) is 19.0. The summed E-state index contributed by atoms with van der Waals surface area (Å²) in [5, 5.41) is 0. The Kier molecular flexibility index (Phi) is 2.81. The first kappa shape index (κ1) is 12.6. The second-order valence-corrected chi connectivity index (χ2v) is 6.08. The molecular weight excluding hydrogens is 260 g/mol. The first-order valence-corrected chi connectivity index (χ1v) is 7.59. The maximum atomic E-state index is 12.9. The third-order valence-corrected chi connectivity index (χ3v) is 4.49. The van der Waals surface area contributed by atoms with Crippen LogP contribution in [-0.4, -0.2) is 17.4 Å². The van der Waals surface area contributed by atoms with Gasteiger partial charge in [0, 0.05) is 18.3 Å². The van der Waals surface area contributed by atoms with Gasteiger partial charge >= 0.3 is 0 Å². The maximum absolute atomic E-state index is 12.9. The Morgan fingerprint density at radius 3 is 2.90 bits per heavy atom. The van der Waals surface area contributed by atoms with E-state index in [1.165, 1.54) is 24.0 Å². The number of carbonyl (C=O) groups is 1. The molecule has 1 amide bonds. The van der Waals surface area contributed by atoms with Crippen LogP contribution < -0.4 is 4.90 Å². The number of rotatable bonds is 2. The Bertz CT molecular complexity index is 719. The predicted octanol–water partition coefficient (Wildman–Crippen LogP) is 3.47. The number of aromatic nitrogens is 1. The highest BCUT2D eigenvalue weighted by molar-refractivity contribution is 6.08. The zero-order valence-electron chi connectivity index (χ0n) is 12.2. The van der Waals surface area contributed by atoms with Gasteiger partial charge in [-0.25, -0.2) is 0 Å². The number of amides is 1. The van der Waals surface area contributed by atoms with E-state index in [0.29, 0.717) is 5.92 Å². The van der Waals surface area contributed by atoms with Crippen LogP contribution in [0.15, 0.2) is 36.7 Å². The van der Waals surface area contributed by atoms with E-state index in [0.717, 1.165) is 29.8 Å². The van der Waals surface area contributed by atoms with Gasteiger partial charge in [0.15, 0.2) is 0 Å². The minimum absolute atomic E-state index is 0.120. The second kappa shape index (κ2) is 4.69. The zero-order chi connectivity index (χ0) is 14.4. The first-order valence-electron chi connectivity index (χ1n) is 7.59. The Morgan fingerprint density at radius 1 is 1.24 bits per heavy atom. The normalized spacial score (nSPS) is 17.8. The molecule has 0 atom stereocenters. The van der Waals surface area contributed by atoms with Gasteiger partial charge in [-0.05, 0) is 55.4 Å². The van der Waals surface area contributed by atoms with Crippen LogP contribution in [0.25, 0.3) is 0 Å². The Hall–Kier alpha value is -2.16. The number of benzene rings is 1. The van der Waals surface area contributed by atoms with Crippen LogP contribution in [0.2, 0.25) is 0 Å². The monoisotopic (exact) mass is 278 g/mol. The fraction of sp³-hybridized carbons (Fsp3) is 0.333. The van der Waals surface area contributed by atoms with Crippen molar-refractivity contribution in [3.05, 3.63) is 58.9 Å². The molecule has 3 nitrogen and oxygen atoms in total. The lowest BCUT2D eigenvalue weighted by Gasteiger charge is -2.30. The summed E-state index contributed by atoms with van der Waals surface area (Å²) in [6.07, 6.45) is 7.07. The molecular formula is C18H18N2O. The van der Waals surface area contributed by atoms with E-state index >= 15 is 0 Å². The molecule has 2 heterocycles. The molecule has 4 rings (SSSR count). The van der Waals surface area contributed by atoms with Gasteiger partial charge < -0.3 is 4.90 Å². The van der Waals surface area contributed by atoms with Gasteiger partial charge in [-0.15, -0.1) is 0 Å². The number of pyridine rings is 1. The number of hydrogen-bond acceptors (Lipinski definition) is 2. The highest BCUT2D eigenvalue weighted by Gasteiger charge is 2.32. The third kappa shape index (κ3) is 2.13. The van der Waals surface area contributed by atoms with Crippen LogP contribution in [0.5, 0.6) is 0 Å². The van der Waals surface area contributed by atoms with Crippen molar-refractivity contribution in [1.82, 2.24) is 4.98 Å². The van der Waals surface area contributed by atoms with Crippen molar-refractivity contribution in [1.29, 1.82) is 0 Å². The zero-order valence-corrected chi connectivity index (χ0v) is 12.2. The highest BCUT2D eigenvalue weighted by Crippen LogP contribution is 2.44. The lowest BCUT2D eigenvalue weighted by atomic mass is 9.96. The minimum Gasteiger partial charge on any atom is -0.306 e. The van der Waals surface area contributed by atoms with Crippen LogP contribution >= 0.6 is 0 Å². The maximum Gasteiger partial charge on any atom is 0.258 e. The average Bonchev–Trinajstić information content (AvgIpc) is 3.33. The molecule has 21 heavy (non-hydrogen) atoms. The Labute approximate surface area is 124 Å². The van der Waals surface area contributed by atoms with E-state index in [9.17, 15) is 4.79 Å².